The summed E-state index contributed by atoms with van der Waals surface area (Å²) >= 11 is 3.52. The molecule has 0 bridgehead atoms. The van der Waals surface area contributed by atoms with Crippen LogP contribution in [0.1, 0.15) is 29.9 Å². The number of rotatable bonds is 4. The molecule has 0 aliphatic carbocycles. The predicted octanol–water partition coefficient (Wildman–Crippen LogP) is 3.91. The zero-order chi connectivity index (χ0) is 12.3. The molecular weight excluding hydrogens is 278 g/mol. The standard InChI is InChI=1S/C14H16BrNO/c1-3-10-6-4-5-7-11(10)13(16-2)14-12(15)8-9-17-14/h4-9,13,16H,3H2,1-2H3. The number of nitrogens with one attached hydrogen (secondary N) is 1. The van der Waals surface area contributed by atoms with Crippen LogP contribution in [0.2, 0.25) is 0 Å². The molecule has 0 saturated carbocycles. The first kappa shape index (κ1) is 12.4. The Morgan fingerprint density at radius 1 is 1.29 bits per heavy atom. The fraction of sp³-hybridized carbons (Fsp3) is 0.286. The van der Waals surface area contributed by atoms with Gasteiger partial charge in [0.1, 0.15) is 5.76 Å². The summed E-state index contributed by atoms with van der Waals surface area (Å²) in [6.07, 6.45) is 2.73. The van der Waals surface area contributed by atoms with Crippen LogP contribution >= 0.6 is 15.9 Å². The summed E-state index contributed by atoms with van der Waals surface area (Å²) in [7, 11) is 1.95. The number of halogens is 1. The summed E-state index contributed by atoms with van der Waals surface area (Å²) in [5.74, 6) is 0.924. The first-order chi connectivity index (χ1) is 8.27. The summed E-state index contributed by atoms with van der Waals surface area (Å²) in [5.41, 5.74) is 2.61. The Hall–Kier alpha value is -1.06. The fourth-order valence-electron chi connectivity index (χ4n) is 2.08. The van der Waals surface area contributed by atoms with E-state index >= 15 is 0 Å². The molecule has 1 heterocycles. The third kappa shape index (κ3) is 2.45. The van der Waals surface area contributed by atoms with Crippen LogP contribution in [-0.4, -0.2) is 7.05 Å². The van der Waals surface area contributed by atoms with E-state index in [1.165, 1.54) is 11.1 Å². The van der Waals surface area contributed by atoms with Crippen LogP contribution in [0.4, 0.5) is 0 Å². The quantitative estimate of drug-likeness (QED) is 0.924. The zero-order valence-electron chi connectivity index (χ0n) is 10.0. The lowest BCUT2D eigenvalue weighted by Gasteiger charge is -2.18. The van der Waals surface area contributed by atoms with Gasteiger partial charge in [-0.1, -0.05) is 31.2 Å². The van der Waals surface area contributed by atoms with Crippen molar-refractivity contribution in [3.8, 4) is 0 Å². The second-order valence-electron chi connectivity index (χ2n) is 3.91. The van der Waals surface area contributed by atoms with E-state index in [2.05, 4.69) is 52.4 Å². The molecule has 0 aliphatic rings. The average Bonchev–Trinajstić information content (AvgIpc) is 2.78. The maximum absolute atomic E-state index is 5.56. The highest BCUT2D eigenvalue weighted by Crippen LogP contribution is 2.31. The topological polar surface area (TPSA) is 25.2 Å². The molecule has 1 unspecified atom stereocenters. The Balaban J connectivity index is 2.46. The van der Waals surface area contributed by atoms with Crippen LogP contribution in [0, 0.1) is 0 Å². The van der Waals surface area contributed by atoms with Crippen LogP contribution in [0.15, 0.2) is 45.5 Å². The highest BCUT2D eigenvalue weighted by Gasteiger charge is 2.20. The number of furan rings is 1. The Kier molecular flexibility index (Phi) is 4.02. The van der Waals surface area contributed by atoms with Gasteiger partial charge in [-0.3, -0.25) is 0 Å². The van der Waals surface area contributed by atoms with Gasteiger partial charge in [-0.05, 0) is 46.6 Å². The van der Waals surface area contributed by atoms with Gasteiger partial charge in [-0.15, -0.1) is 0 Å². The number of hydrogen-bond donors (Lipinski definition) is 1. The van der Waals surface area contributed by atoms with Gasteiger partial charge in [0.15, 0.2) is 0 Å². The monoisotopic (exact) mass is 293 g/mol. The third-order valence-corrected chi connectivity index (χ3v) is 3.60. The summed E-state index contributed by atoms with van der Waals surface area (Å²) in [5, 5.41) is 3.31. The van der Waals surface area contributed by atoms with Crippen molar-refractivity contribution in [2.45, 2.75) is 19.4 Å². The minimum absolute atomic E-state index is 0.0931. The zero-order valence-corrected chi connectivity index (χ0v) is 11.6. The van der Waals surface area contributed by atoms with E-state index in [0.29, 0.717) is 0 Å². The third-order valence-electron chi connectivity index (χ3n) is 2.94. The van der Waals surface area contributed by atoms with E-state index < -0.39 is 0 Å². The Bertz CT molecular complexity index is 492. The Morgan fingerprint density at radius 3 is 2.65 bits per heavy atom. The van der Waals surface area contributed by atoms with Crippen LogP contribution in [0.3, 0.4) is 0 Å². The van der Waals surface area contributed by atoms with Gasteiger partial charge in [0.2, 0.25) is 0 Å². The maximum Gasteiger partial charge on any atom is 0.139 e. The Labute approximate surface area is 110 Å². The van der Waals surface area contributed by atoms with Gasteiger partial charge in [-0.25, -0.2) is 0 Å². The lowest BCUT2D eigenvalue weighted by Crippen LogP contribution is -2.18. The predicted molar refractivity (Wildman–Crippen MR) is 73.1 cm³/mol. The highest BCUT2D eigenvalue weighted by atomic mass is 79.9. The number of aryl methyl sites for hydroxylation is 1. The molecule has 0 fully saturated rings. The highest BCUT2D eigenvalue weighted by molar-refractivity contribution is 9.10. The van der Waals surface area contributed by atoms with Crippen LogP contribution in [0.5, 0.6) is 0 Å². The second-order valence-corrected chi connectivity index (χ2v) is 4.76. The van der Waals surface area contributed by atoms with Gasteiger partial charge in [0.05, 0.1) is 16.8 Å². The fourth-order valence-corrected chi connectivity index (χ4v) is 2.51. The lowest BCUT2D eigenvalue weighted by atomic mass is 9.97. The molecule has 17 heavy (non-hydrogen) atoms. The van der Waals surface area contributed by atoms with E-state index in [1.807, 2.05) is 13.1 Å². The molecule has 0 radical (unpaired) electrons. The van der Waals surface area contributed by atoms with E-state index in [-0.39, 0.29) is 6.04 Å². The van der Waals surface area contributed by atoms with Crippen molar-refractivity contribution in [3.05, 3.63) is 58.0 Å². The van der Waals surface area contributed by atoms with Crippen molar-refractivity contribution in [2.24, 2.45) is 0 Å². The molecule has 0 spiro atoms. The number of benzene rings is 1. The maximum atomic E-state index is 5.56. The van der Waals surface area contributed by atoms with Gasteiger partial charge in [0, 0.05) is 0 Å². The Morgan fingerprint density at radius 2 is 2.06 bits per heavy atom. The minimum atomic E-state index is 0.0931. The van der Waals surface area contributed by atoms with Gasteiger partial charge >= 0.3 is 0 Å². The van der Waals surface area contributed by atoms with Gasteiger partial charge < -0.3 is 9.73 Å². The summed E-state index contributed by atoms with van der Waals surface area (Å²) < 4.78 is 6.56. The van der Waals surface area contributed by atoms with Gasteiger partial charge in [-0.2, -0.15) is 0 Å². The molecule has 1 aromatic carbocycles. The van der Waals surface area contributed by atoms with E-state index in [0.717, 1.165) is 16.7 Å². The molecule has 1 aromatic heterocycles. The normalized spacial score (nSPS) is 12.6. The van der Waals surface area contributed by atoms with Gasteiger partial charge in [0.25, 0.3) is 0 Å². The van der Waals surface area contributed by atoms with E-state index in [1.54, 1.807) is 6.26 Å². The van der Waals surface area contributed by atoms with Crippen molar-refractivity contribution in [3.63, 3.8) is 0 Å². The molecule has 3 heteroatoms. The first-order valence-corrected chi connectivity index (χ1v) is 6.55. The van der Waals surface area contributed by atoms with E-state index in [4.69, 9.17) is 4.42 Å². The minimum Gasteiger partial charge on any atom is -0.466 e. The van der Waals surface area contributed by atoms with Crippen molar-refractivity contribution < 1.29 is 4.42 Å². The average molecular weight is 294 g/mol. The summed E-state index contributed by atoms with van der Waals surface area (Å²) in [4.78, 5) is 0. The summed E-state index contributed by atoms with van der Waals surface area (Å²) in [6, 6.07) is 10.5. The molecule has 2 rings (SSSR count). The largest absolute Gasteiger partial charge is 0.466 e. The molecule has 0 amide bonds. The second kappa shape index (κ2) is 5.52. The molecule has 1 atom stereocenters. The van der Waals surface area contributed by atoms with Crippen molar-refractivity contribution in [2.75, 3.05) is 7.05 Å². The smallest absolute Gasteiger partial charge is 0.139 e. The van der Waals surface area contributed by atoms with Crippen molar-refractivity contribution in [1.82, 2.24) is 5.32 Å². The molecule has 1 N–H and O–H groups in total. The van der Waals surface area contributed by atoms with Crippen molar-refractivity contribution in [1.29, 1.82) is 0 Å². The number of hydrogen-bond acceptors (Lipinski definition) is 2. The molecule has 2 nitrogen and oxygen atoms in total. The first-order valence-electron chi connectivity index (χ1n) is 5.75. The molecule has 0 saturated heterocycles. The van der Waals surface area contributed by atoms with Crippen molar-refractivity contribution >= 4 is 15.9 Å². The van der Waals surface area contributed by atoms with Crippen LogP contribution in [-0.2, 0) is 6.42 Å². The van der Waals surface area contributed by atoms with Crippen LogP contribution in [0.25, 0.3) is 0 Å². The molecule has 90 valence electrons. The SMILES string of the molecule is CCc1ccccc1C(NC)c1occc1Br. The summed E-state index contributed by atoms with van der Waals surface area (Å²) in [6.45, 7) is 2.17. The van der Waals surface area contributed by atoms with Crippen LogP contribution < -0.4 is 5.32 Å². The lowest BCUT2D eigenvalue weighted by molar-refractivity contribution is 0.459. The molecular formula is C14H16BrNO. The molecule has 0 aliphatic heterocycles. The molecule has 2 aromatic rings. The van der Waals surface area contributed by atoms with E-state index in [9.17, 15) is 0 Å².